The van der Waals surface area contributed by atoms with Gasteiger partial charge in [0.15, 0.2) is 0 Å². The van der Waals surface area contributed by atoms with Gasteiger partial charge in [0.05, 0.1) is 0 Å². The van der Waals surface area contributed by atoms with Gasteiger partial charge in [-0.3, -0.25) is 8.42 Å². The Kier molecular flexibility index (Phi) is 10.9. The minimum absolute atomic E-state index is 0. The van der Waals surface area contributed by atoms with Crippen LogP contribution in [0.2, 0.25) is 0 Å². The van der Waals surface area contributed by atoms with E-state index in [2.05, 4.69) is 0 Å². The maximum Gasteiger partial charge on any atom is 2.00 e. The fourth-order valence-electron chi connectivity index (χ4n) is 0. The maximum atomic E-state index is 8.52. The summed E-state index contributed by atoms with van der Waals surface area (Å²) in [7, 11) is -5.17. The summed E-state index contributed by atoms with van der Waals surface area (Å²) < 4.78 is 34.1. The second-order valence-electron chi connectivity index (χ2n) is 0.408. The third kappa shape index (κ3) is 277. The molecule has 0 N–H and O–H groups in total. The van der Waals surface area contributed by atoms with Gasteiger partial charge in [-0.2, -0.15) is 0 Å². The molecule has 0 atom stereocenters. The van der Waals surface area contributed by atoms with Crippen LogP contribution < -0.4 is 0 Å². The Morgan fingerprint density at radius 3 is 1.14 bits per heavy atom. The molecule has 0 aromatic heterocycles. The van der Waals surface area contributed by atoms with E-state index in [0.717, 1.165) is 0 Å². The third-order valence-corrected chi connectivity index (χ3v) is 0. The summed E-state index contributed by atoms with van der Waals surface area (Å²) in [5, 5.41) is 0. The van der Waals surface area contributed by atoms with Crippen LogP contribution in [0, 0.1) is 0 Å². The molecular formula is HCuO4S2-. The molecule has 0 fully saturated rings. The molecule has 7 heteroatoms. The molecule has 1 radical (unpaired) electrons. The van der Waals surface area contributed by atoms with Crippen LogP contribution in [0.1, 0.15) is 0 Å². The van der Waals surface area contributed by atoms with Crippen LogP contribution in [0.4, 0.5) is 0 Å². The molecule has 0 saturated heterocycles. The molecule has 0 aromatic carbocycles. The number of rotatable bonds is 0. The Balaban J connectivity index is -0.0000000800. The molecule has 0 saturated carbocycles. The fourth-order valence-corrected chi connectivity index (χ4v) is 0. The van der Waals surface area contributed by atoms with Crippen molar-refractivity contribution >= 4 is 23.9 Å². The number of thiol groups is 1. The molecule has 0 unspecified atom stereocenters. The van der Waals surface area contributed by atoms with E-state index in [1.807, 2.05) is 0 Å². The molecule has 0 heterocycles. The van der Waals surface area contributed by atoms with Crippen molar-refractivity contribution in [2.75, 3.05) is 0 Å². The molecule has 0 bridgehead atoms. The summed E-state index contributed by atoms with van der Waals surface area (Å²) in [4.78, 5) is 0. The van der Waals surface area contributed by atoms with Gasteiger partial charge in [-0.25, -0.2) is 0 Å². The minimum Gasteiger partial charge on any atom is -0.813 e. The normalized spacial score (nSPS) is 8.29. The Morgan fingerprint density at radius 1 is 1.14 bits per heavy atom. The second kappa shape index (κ2) is 4.89. The van der Waals surface area contributed by atoms with Gasteiger partial charge in [-0.1, -0.05) is 0 Å². The summed E-state index contributed by atoms with van der Waals surface area (Å²) in [6, 6.07) is 0. The van der Waals surface area contributed by atoms with Gasteiger partial charge in [0.1, 0.15) is 0 Å². The third-order valence-electron chi connectivity index (χ3n) is 0. The first kappa shape index (κ1) is 15.6. The van der Waals surface area contributed by atoms with Gasteiger partial charge in [0.25, 0.3) is 0 Å². The fraction of sp³-hybridized carbons (Fsp3) is 0. The van der Waals surface area contributed by atoms with Crippen LogP contribution in [0.3, 0.4) is 0 Å². The minimum atomic E-state index is -5.17. The second-order valence-corrected chi connectivity index (χ2v) is 1.22. The molecule has 4 nitrogen and oxygen atoms in total. The Labute approximate surface area is 58.8 Å². The zero-order chi connectivity index (χ0) is 4.50. The molecule has 0 spiro atoms. The largest absolute Gasteiger partial charge is 2.00 e. The number of hydrogen-bond donors (Lipinski definition) is 0. The van der Waals surface area contributed by atoms with E-state index in [1.165, 1.54) is 0 Å². The SMILES string of the molecule is O=S(=O)([O-])[O-].[Cu+2].[SH-]. The van der Waals surface area contributed by atoms with E-state index in [4.69, 9.17) is 17.5 Å². The van der Waals surface area contributed by atoms with Gasteiger partial charge in [-0.15, -0.1) is 0 Å². The van der Waals surface area contributed by atoms with Crippen LogP contribution in [0.25, 0.3) is 0 Å². The Bertz CT molecular complexity index is 92.9. The Hall–Kier alpha value is 0.739. The molecule has 49 valence electrons. The number of hydrogen-bond acceptors (Lipinski definition) is 5. The molecular weight excluding hydrogens is 192 g/mol. The van der Waals surface area contributed by atoms with Crippen molar-refractivity contribution in [3.05, 3.63) is 0 Å². The van der Waals surface area contributed by atoms with E-state index in [-0.39, 0.29) is 30.6 Å². The summed E-state index contributed by atoms with van der Waals surface area (Å²) in [5.41, 5.74) is 0. The van der Waals surface area contributed by atoms with E-state index in [0.29, 0.717) is 0 Å². The van der Waals surface area contributed by atoms with Crippen LogP contribution in [-0.4, -0.2) is 17.5 Å². The van der Waals surface area contributed by atoms with Gasteiger partial charge >= 0.3 is 17.1 Å². The van der Waals surface area contributed by atoms with Crippen LogP contribution in [0.15, 0.2) is 0 Å². The molecule has 0 aliphatic heterocycles. The van der Waals surface area contributed by atoms with Crippen LogP contribution in [-0.2, 0) is 41.0 Å². The van der Waals surface area contributed by atoms with Crippen LogP contribution in [0.5, 0.6) is 0 Å². The predicted octanol–water partition coefficient (Wildman–Crippen LogP) is -1.61. The molecule has 0 amide bonds. The van der Waals surface area contributed by atoms with Gasteiger partial charge in [-0.05, 0) is 0 Å². The van der Waals surface area contributed by atoms with Crippen molar-refractivity contribution < 1.29 is 34.6 Å². The summed E-state index contributed by atoms with van der Waals surface area (Å²) >= 11 is 0. The zero-order valence-corrected chi connectivity index (χ0v) is 5.44. The van der Waals surface area contributed by atoms with Crippen LogP contribution >= 0.6 is 0 Å². The molecule has 0 aromatic rings. The zero-order valence-electron chi connectivity index (χ0n) is 2.79. The predicted molar refractivity (Wildman–Crippen MR) is 19.2 cm³/mol. The van der Waals surface area contributed by atoms with E-state index in [9.17, 15) is 0 Å². The first-order chi connectivity index (χ1) is 2.00. The quantitative estimate of drug-likeness (QED) is 0.152. The summed E-state index contributed by atoms with van der Waals surface area (Å²) in [5.74, 6) is 0. The van der Waals surface area contributed by atoms with Gasteiger partial charge in [0.2, 0.25) is 0 Å². The van der Waals surface area contributed by atoms with Crippen molar-refractivity contribution in [3.8, 4) is 0 Å². The van der Waals surface area contributed by atoms with Gasteiger partial charge in [0, 0.05) is 10.4 Å². The van der Waals surface area contributed by atoms with Crippen molar-refractivity contribution in [2.24, 2.45) is 0 Å². The van der Waals surface area contributed by atoms with E-state index >= 15 is 0 Å². The first-order valence-corrected chi connectivity index (χ1v) is 2.00. The molecule has 7 heavy (non-hydrogen) atoms. The first-order valence-electron chi connectivity index (χ1n) is 0.667. The van der Waals surface area contributed by atoms with Crippen molar-refractivity contribution in [1.82, 2.24) is 0 Å². The Morgan fingerprint density at radius 2 is 1.14 bits per heavy atom. The standard InChI is InChI=1S/Cu.H2O4S.H2S/c;1-5(2,3)4;/h;(H2,1,2,3,4);1H2/q+2;;/p-3. The van der Waals surface area contributed by atoms with Crippen molar-refractivity contribution in [3.63, 3.8) is 0 Å². The maximum absolute atomic E-state index is 8.52. The van der Waals surface area contributed by atoms with Crippen molar-refractivity contribution in [1.29, 1.82) is 0 Å². The molecule has 0 aliphatic carbocycles. The topological polar surface area (TPSA) is 80.3 Å². The van der Waals surface area contributed by atoms with E-state index in [1.54, 1.807) is 0 Å². The summed E-state index contributed by atoms with van der Waals surface area (Å²) in [6.07, 6.45) is 0. The van der Waals surface area contributed by atoms with Gasteiger partial charge < -0.3 is 22.6 Å². The monoisotopic (exact) mass is 192 g/mol. The molecule has 0 aliphatic rings. The van der Waals surface area contributed by atoms with Crippen molar-refractivity contribution in [2.45, 2.75) is 0 Å². The average molecular weight is 193 g/mol. The molecule has 0 rings (SSSR count). The average Bonchev–Trinajstić information content (AvgIpc) is 0.722. The smallest absolute Gasteiger partial charge is 0.813 e. The van der Waals surface area contributed by atoms with E-state index < -0.39 is 10.4 Å². The summed E-state index contributed by atoms with van der Waals surface area (Å²) in [6.45, 7) is 0.